The number of nitrogens with zero attached hydrogens (tertiary/aromatic N) is 1. The normalized spacial score (nSPS) is 11.6. The fourth-order valence-electron chi connectivity index (χ4n) is 0.633. The zero-order valence-corrected chi connectivity index (χ0v) is 11.3. The molecule has 0 bridgehead atoms. The second-order valence-corrected chi connectivity index (χ2v) is 3.93. The Morgan fingerprint density at radius 1 is 1.79 bits per heavy atom. The van der Waals surface area contributed by atoms with Crippen LogP contribution in [0.5, 0.6) is 0 Å². The van der Waals surface area contributed by atoms with E-state index < -0.39 is 17.0 Å². The first-order chi connectivity index (χ1) is 6.15. The molecule has 1 atom stereocenters. The molecule has 0 aliphatic carbocycles. The van der Waals surface area contributed by atoms with E-state index in [9.17, 15) is 13.6 Å². The van der Waals surface area contributed by atoms with Gasteiger partial charge in [-0.1, -0.05) is 0 Å². The van der Waals surface area contributed by atoms with Crippen LogP contribution in [0.1, 0.15) is 17.4 Å². The minimum atomic E-state index is -2.38. The monoisotopic (exact) mass is 243 g/mol. The zero-order valence-electron chi connectivity index (χ0n) is 7.68. The van der Waals surface area contributed by atoms with Crippen molar-refractivity contribution in [3.05, 3.63) is 11.1 Å². The number of rotatable bonds is 3. The van der Waals surface area contributed by atoms with E-state index in [0.717, 1.165) is 11.3 Å². The van der Waals surface area contributed by atoms with E-state index in [1.807, 2.05) is 0 Å². The predicted octanol–water partition coefficient (Wildman–Crippen LogP) is -2.44. The topological polar surface area (TPSA) is 79.3 Å². The molecule has 0 saturated heterocycles. The molecule has 0 aliphatic heterocycles. The molecule has 8 heteroatoms. The van der Waals surface area contributed by atoms with Gasteiger partial charge in [-0.3, -0.25) is 4.21 Å². The number of aromatic nitrogens is 1. The molecule has 72 valence electrons. The van der Waals surface area contributed by atoms with Gasteiger partial charge < -0.3 is 9.29 Å². The van der Waals surface area contributed by atoms with Crippen LogP contribution >= 0.6 is 11.3 Å². The molecule has 0 aliphatic rings. The predicted molar refractivity (Wildman–Crippen MR) is 45.3 cm³/mol. The van der Waals surface area contributed by atoms with Crippen molar-refractivity contribution >= 4 is 28.4 Å². The summed E-state index contributed by atoms with van der Waals surface area (Å²) in [6.45, 7) is 1.91. The van der Waals surface area contributed by atoms with Crippen molar-refractivity contribution in [3.8, 4) is 0 Å². The van der Waals surface area contributed by atoms with Crippen LogP contribution in [0.15, 0.2) is 9.72 Å². The molecule has 0 fully saturated rings. The number of esters is 1. The van der Waals surface area contributed by atoms with Gasteiger partial charge >= 0.3 is 35.5 Å². The van der Waals surface area contributed by atoms with Gasteiger partial charge in [0.2, 0.25) is 0 Å². The fraction of sp³-hybridized carbons (Fsp3) is 0.333. The van der Waals surface area contributed by atoms with Gasteiger partial charge in [-0.05, 0) is 6.92 Å². The second-order valence-electron chi connectivity index (χ2n) is 1.95. The average molecular weight is 243 g/mol. The molecule has 5 nitrogen and oxygen atoms in total. The third-order valence-electron chi connectivity index (χ3n) is 1.11. The average Bonchev–Trinajstić information content (AvgIpc) is 2.52. The number of ether oxygens (including phenoxy) is 1. The molecule has 1 aromatic rings. The van der Waals surface area contributed by atoms with Crippen molar-refractivity contribution < 1.29 is 47.9 Å². The Balaban J connectivity index is 0.00000169. The SMILES string of the molecule is CCOC(=O)c1csc(S(=O)[O-])n1.[Na+]. The molecule has 0 N–H and O–H groups in total. The molecule has 1 unspecified atom stereocenters. The second kappa shape index (κ2) is 6.65. The fourth-order valence-corrected chi connectivity index (χ4v) is 1.78. The van der Waals surface area contributed by atoms with E-state index in [2.05, 4.69) is 9.72 Å². The first kappa shape index (κ1) is 14.2. The smallest absolute Gasteiger partial charge is 0.767 e. The maximum atomic E-state index is 11.0. The molecule has 1 aromatic heterocycles. The van der Waals surface area contributed by atoms with Crippen LogP contribution in [0.2, 0.25) is 0 Å². The maximum Gasteiger partial charge on any atom is 1.00 e. The van der Waals surface area contributed by atoms with E-state index in [1.165, 1.54) is 5.38 Å². The minimum Gasteiger partial charge on any atom is -0.767 e. The molecule has 1 heterocycles. The van der Waals surface area contributed by atoms with Gasteiger partial charge in [0.05, 0.1) is 6.61 Å². The van der Waals surface area contributed by atoms with Crippen molar-refractivity contribution in [2.24, 2.45) is 0 Å². The van der Waals surface area contributed by atoms with Crippen LogP contribution in [0.3, 0.4) is 0 Å². The molecule has 14 heavy (non-hydrogen) atoms. The van der Waals surface area contributed by atoms with Gasteiger partial charge in [0, 0.05) is 16.5 Å². The molecular weight excluding hydrogens is 237 g/mol. The van der Waals surface area contributed by atoms with Crippen molar-refractivity contribution in [2.45, 2.75) is 11.3 Å². The summed E-state index contributed by atoms with van der Waals surface area (Å²) in [5.74, 6) is -0.601. The van der Waals surface area contributed by atoms with Gasteiger partial charge in [0.25, 0.3) is 0 Å². The number of hydrogen-bond acceptors (Lipinski definition) is 6. The summed E-state index contributed by atoms with van der Waals surface area (Å²) in [4.78, 5) is 14.6. The minimum absolute atomic E-state index is 0. The quantitative estimate of drug-likeness (QED) is 0.335. The Hall–Kier alpha value is 0.210. The summed E-state index contributed by atoms with van der Waals surface area (Å²) in [5, 5.41) is 1.35. The Morgan fingerprint density at radius 2 is 2.43 bits per heavy atom. The van der Waals surface area contributed by atoms with Gasteiger partial charge in [-0.15, -0.1) is 11.3 Å². The largest absolute Gasteiger partial charge is 1.00 e. The summed E-state index contributed by atoms with van der Waals surface area (Å²) in [6.07, 6.45) is 0. The van der Waals surface area contributed by atoms with E-state index in [0.29, 0.717) is 0 Å². The number of carbonyl (C=O) groups is 1. The van der Waals surface area contributed by atoms with Crippen molar-refractivity contribution in [2.75, 3.05) is 6.61 Å². The van der Waals surface area contributed by atoms with Crippen molar-refractivity contribution in [3.63, 3.8) is 0 Å². The van der Waals surface area contributed by atoms with Crippen LogP contribution in [0, 0.1) is 0 Å². The molecular formula is C6H6NNaO4S2. The van der Waals surface area contributed by atoms with Crippen LogP contribution in [-0.4, -0.2) is 26.3 Å². The number of carbonyl (C=O) groups excluding carboxylic acids is 1. The summed E-state index contributed by atoms with van der Waals surface area (Å²) in [7, 11) is 0. The summed E-state index contributed by atoms with van der Waals surface area (Å²) >= 11 is -1.49. The third kappa shape index (κ3) is 3.76. The Morgan fingerprint density at radius 3 is 2.86 bits per heavy atom. The van der Waals surface area contributed by atoms with E-state index in [4.69, 9.17) is 0 Å². The van der Waals surface area contributed by atoms with Crippen LogP contribution in [-0.2, 0) is 15.8 Å². The van der Waals surface area contributed by atoms with Crippen LogP contribution < -0.4 is 29.6 Å². The van der Waals surface area contributed by atoms with Crippen LogP contribution in [0.25, 0.3) is 0 Å². The third-order valence-corrected chi connectivity index (χ3v) is 2.82. The standard InChI is InChI=1S/C6H7NO4S2.Na/c1-2-11-5(8)4-3-12-6(7-4)13(9)10;/h3H,2H2,1H3,(H,9,10);/q;+1/p-1. The van der Waals surface area contributed by atoms with Gasteiger partial charge in [0.1, 0.15) is 0 Å². The van der Waals surface area contributed by atoms with Gasteiger partial charge in [-0.25, -0.2) is 9.78 Å². The molecule has 0 amide bonds. The Kier molecular flexibility index (Phi) is 6.75. The summed E-state index contributed by atoms with van der Waals surface area (Å²) in [6, 6.07) is 0. The molecule has 0 aromatic carbocycles. The van der Waals surface area contributed by atoms with E-state index in [-0.39, 0.29) is 46.2 Å². The maximum absolute atomic E-state index is 11.0. The molecule has 0 radical (unpaired) electrons. The molecule has 1 rings (SSSR count). The molecule has 0 saturated carbocycles. The van der Waals surface area contributed by atoms with Crippen molar-refractivity contribution in [1.29, 1.82) is 0 Å². The van der Waals surface area contributed by atoms with E-state index >= 15 is 0 Å². The summed E-state index contributed by atoms with van der Waals surface area (Å²) in [5.41, 5.74) is 0.0334. The Bertz CT molecular complexity index is 340. The van der Waals surface area contributed by atoms with Crippen LogP contribution in [0.4, 0.5) is 0 Å². The summed E-state index contributed by atoms with van der Waals surface area (Å²) < 4.78 is 25.3. The number of thiazole rings is 1. The first-order valence-electron chi connectivity index (χ1n) is 3.37. The van der Waals surface area contributed by atoms with Gasteiger partial charge in [0.15, 0.2) is 10.0 Å². The van der Waals surface area contributed by atoms with E-state index in [1.54, 1.807) is 6.92 Å². The van der Waals surface area contributed by atoms with Gasteiger partial charge in [-0.2, -0.15) is 0 Å². The Labute approximate surface area is 109 Å². The molecule has 0 spiro atoms. The first-order valence-corrected chi connectivity index (χ1v) is 5.32. The van der Waals surface area contributed by atoms with Crippen molar-refractivity contribution in [1.82, 2.24) is 4.98 Å². The number of hydrogen-bond donors (Lipinski definition) is 0. The zero-order chi connectivity index (χ0) is 9.84.